The summed E-state index contributed by atoms with van der Waals surface area (Å²) in [5.41, 5.74) is 5.95. The Morgan fingerprint density at radius 2 is 2.33 bits per heavy atom. The molecule has 94 valence electrons. The number of anilines is 2. The van der Waals surface area contributed by atoms with Gasteiger partial charge in [0.1, 0.15) is 17.7 Å². The van der Waals surface area contributed by atoms with Gasteiger partial charge in [-0.2, -0.15) is 0 Å². The Hall–Kier alpha value is -2.64. The molecule has 0 spiro atoms. The summed E-state index contributed by atoms with van der Waals surface area (Å²) in [5.74, 6) is 0.673. The molecule has 0 atom stereocenters. The third kappa shape index (κ3) is 2.21. The van der Waals surface area contributed by atoms with Crippen LogP contribution in [-0.2, 0) is 13.6 Å². The van der Waals surface area contributed by atoms with Crippen LogP contribution in [-0.4, -0.2) is 19.7 Å². The van der Waals surface area contributed by atoms with Crippen molar-refractivity contribution in [3.63, 3.8) is 0 Å². The third-order valence-electron chi connectivity index (χ3n) is 2.49. The van der Waals surface area contributed by atoms with Crippen molar-refractivity contribution in [1.29, 1.82) is 0 Å². The second-order valence-electron chi connectivity index (χ2n) is 3.71. The second-order valence-corrected chi connectivity index (χ2v) is 3.71. The third-order valence-corrected chi connectivity index (χ3v) is 2.49. The summed E-state index contributed by atoms with van der Waals surface area (Å²) in [6.45, 7) is 0.334. The molecule has 3 N–H and O–H groups in total. The Labute approximate surface area is 103 Å². The molecule has 0 saturated heterocycles. The number of nitrogen functional groups attached to an aromatic ring is 1. The first-order valence-electron chi connectivity index (χ1n) is 5.19. The van der Waals surface area contributed by atoms with Gasteiger partial charge in [-0.25, -0.2) is 0 Å². The van der Waals surface area contributed by atoms with Crippen LogP contribution in [0, 0.1) is 10.1 Å². The van der Waals surface area contributed by atoms with Crippen molar-refractivity contribution in [2.75, 3.05) is 11.1 Å². The number of rotatable bonds is 4. The number of para-hydroxylation sites is 1. The number of hydrogen-bond acceptors (Lipinski definition) is 6. The van der Waals surface area contributed by atoms with Crippen LogP contribution >= 0.6 is 0 Å². The summed E-state index contributed by atoms with van der Waals surface area (Å²) >= 11 is 0. The molecule has 1 aromatic heterocycles. The van der Waals surface area contributed by atoms with E-state index in [9.17, 15) is 10.1 Å². The van der Waals surface area contributed by atoms with Gasteiger partial charge < -0.3 is 15.6 Å². The van der Waals surface area contributed by atoms with Crippen LogP contribution in [0.2, 0.25) is 0 Å². The van der Waals surface area contributed by atoms with Crippen LogP contribution in [0.25, 0.3) is 0 Å². The maximum absolute atomic E-state index is 10.9. The molecular weight excluding hydrogens is 236 g/mol. The standard InChI is InChI=1S/C10H12N6O2/c1-15-6-13-14-9(15)5-12-8-4-2-3-7(11)10(8)16(17)18/h2-4,6,12H,5,11H2,1H3. The summed E-state index contributed by atoms with van der Waals surface area (Å²) in [5, 5.41) is 21.5. The Balaban J connectivity index is 2.22. The smallest absolute Gasteiger partial charge is 0.314 e. The van der Waals surface area contributed by atoms with E-state index in [-0.39, 0.29) is 11.4 Å². The number of nitro groups is 1. The molecule has 2 rings (SSSR count). The fraction of sp³-hybridized carbons (Fsp3) is 0.200. The number of hydrogen-bond donors (Lipinski definition) is 2. The lowest BCUT2D eigenvalue weighted by atomic mass is 10.2. The van der Waals surface area contributed by atoms with Crippen LogP contribution in [0.5, 0.6) is 0 Å². The zero-order valence-corrected chi connectivity index (χ0v) is 9.70. The van der Waals surface area contributed by atoms with Crippen molar-refractivity contribution in [1.82, 2.24) is 14.8 Å². The molecular formula is C10H12N6O2. The number of nitrogens with one attached hydrogen (secondary N) is 1. The quantitative estimate of drug-likeness (QED) is 0.472. The maximum Gasteiger partial charge on any atom is 0.314 e. The highest BCUT2D eigenvalue weighted by molar-refractivity contribution is 5.74. The molecule has 0 bridgehead atoms. The highest BCUT2D eigenvalue weighted by atomic mass is 16.6. The molecule has 18 heavy (non-hydrogen) atoms. The molecule has 0 radical (unpaired) electrons. The fourth-order valence-electron chi connectivity index (χ4n) is 1.55. The average molecular weight is 248 g/mol. The minimum Gasteiger partial charge on any atom is -0.393 e. The first-order chi connectivity index (χ1) is 8.59. The van der Waals surface area contributed by atoms with Crippen molar-refractivity contribution < 1.29 is 4.92 Å². The van der Waals surface area contributed by atoms with Gasteiger partial charge in [-0.15, -0.1) is 10.2 Å². The van der Waals surface area contributed by atoms with Gasteiger partial charge in [0.15, 0.2) is 5.82 Å². The number of aryl methyl sites for hydroxylation is 1. The van der Waals surface area contributed by atoms with E-state index in [1.165, 1.54) is 6.07 Å². The summed E-state index contributed by atoms with van der Waals surface area (Å²) in [7, 11) is 1.80. The van der Waals surface area contributed by atoms with Gasteiger partial charge in [0.2, 0.25) is 0 Å². The monoisotopic (exact) mass is 248 g/mol. The fourth-order valence-corrected chi connectivity index (χ4v) is 1.55. The van der Waals surface area contributed by atoms with E-state index in [1.54, 1.807) is 30.1 Å². The summed E-state index contributed by atoms with van der Waals surface area (Å²) in [6, 6.07) is 4.75. The highest BCUT2D eigenvalue weighted by Gasteiger charge is 2.17. The largest absolute Gasteiger partial charge is 0.393 e. The lowest BCUT2D eigenvalue weighted by Crippen LogP contribution is -2.08. The zero-order chi connectivity index (χ0) is 13.1. The van der Waals surface area contributed by atoms with Gasteiger partial charge in [-0.3, -0.25) is 10.1 Å². The van der Waals surface area contributed by atoms with Crippen LogP contribution in [0.3, 0.4) is 0 Å². The molecule has 0 unspecified atom stereocenters. The maximum atomic E-state index is 10.9. The van der Waals surface area contributed by atoms with Gasteiger partial charge >= 0.3 is 5.69 Å². The lowest BCUT2D eigenvalue weighted by Gasteiger charge is -2.07. The summed E-state index contributed by atoms with van der Waals surface area (Å²) in [4.78, 5) is 10.4. The number of benzene rings is 1. The van der Waals surface area contributed by atoms with Gasteiger partial charge in [0.25, 0.3) is 0 Å². The lowest BCUT2D eigenvalue weighted by molar-refractivity contribution is -0.383. The van der Waals surface area contributed by atoms with Crippen LogP contribution in [0.1, 0.15) is 5.82 Å². The highest BCUT2D eigenvalue weighted by Crippen LogP contribution is 2.30. The molecule has 8 nitrogen and oxygen atoms in total. The SMILES string of the molecule is Cn1cnnc1CNc1cccc(N)c1[N+](=O)[O-]. The average Bonchev–Trinajstić information content (AvgIpc) is 2.71. The van der Waals surface area contributed by atoms with Crippen LogP contribution in [0.15, 0.2) is 24.5 Å². The summed E-state index contributed by atoms with van der Waals surface area (Å²) < 4.78 is 1.73. The number of nitrogens with zero attached hydrogens (tertiary/aromatic N) is 4. The molecule has 0 aliphatic rings. The molecule has 0 amide bonds. The topological polar surface area (TPSA) is 112 Å². The molecule has 0 aliphatic carbocycles. The van der Waals surface area contributed by atoms with E-state index in [4.69, 9.17) is 5.73 Å². The molecule has 1 aromatic carbocycles. The van der Waals surface area contributed by atoms with Crippen molar-refractivity contribution in [3.8, 4) is 0 Å². The van der Waals surface area contributed by atoms with Crippen molar-refractivity contribution in [3.05, 3.63) is 40.5 Å². The van der Waals surface area contributed by atoms with Crippen molar-refractivity contribution in [2.45, 2.75) is 6.54 Å². The molecule has 0 fully saturated rings. The Morgan fingerprint density at radius 1 is 1.56 bits per heavy atom. The van der Waals surface area contributed by atoms with Crippen LogP contribution < -0.4 is 11.1 Å². The Kier molecular flexibility index (Phi) is 3.09. The van der Waals surface area contributed by atoms with Gasteiger partial charge in [0, 0.05) is 7.05 Å². The molecule has 2 aromatic rings. The minimum absolute atomic E-state index is 0.125. The predicted octanol–water partition coefficient (Wildman–Crippen LogP) is 0.918. The molecule has 0 aliphatic heterocycles. The van der Waals surface area contributed by atoms with E-state index in [1.807, 2.05) is 0 Å². The van der Waals surface area contributed by atoms with E-state index in [0.29, 0.717) is 18.1 Å². The Morgan fingerprint density at radius 3 is 2.94 bits per heavy atom. The van der Waals surface area contributed by atoms with E-state index < -0.39 is 4.92 Å². The van der Waals surface area contributed by atoms with Gasteiger partial charge in [-0.1, -0.05) is 6.07 Å². The van der Waals surface area contributed by atoms with Crippen molar-refractivity contribution in [2.24, 2.45) is 7.05 Å². The second kappa shape index (κ2) is 4.70. The first-order valence-corrected chi connectivity index (χ1v) is 5.19. The number of nitrogens with two attached hydrogens (primary N) is 1. The molecule has 0 saturated carbocycles. The Bertz CT molecular complexity index is 579. The number of nitro benzene ring substituents is 1. The van der Waals surface area contributed by atoms with E-state index in [0.717, 1.165) is 0 Å². The van der Waals surface area contributed by atoms with E-state index >= 15 is 0 Å². The molecule has 1 heterocycles. The minimum atomic E-state index is -0.506. The van der Waals surface area contributed by atoms with Gasteiger partial charge in [0.05, 0.1) is 11.5 Å². The first kappa shape index (κ1) is 11.8. The van der Waals surface area contributed by atoms with Crippen LogP contribution in [0.4, 0.5) is 17.1 Å². The predicted molar refractivity (Wildman–Crippen MR) is 65.8 cm³/mol. The zero-order valence-electron chi connectivity index (χ0n) is 9.70. The van der Waals surface area contributed by atoms with E-state index in [2.05, 4.69) is 15.5 Å². The van der Waals surface area contributed by atoms with Gasteiger partial charge in [-0.05, 0) is 12.1 Å². The summed E-state index contributed by atoms with van der Waals surface area (Å²) in [6.07, 6.45) is 1.56. The van der Waals surface area contributed by atoms with Crippen molar-refractivity contribution >= 4 is 17.1 Å². The normalized spacial score (nSPS) is 10.3. The molecule has 8 heteroatoms. The number of aromatic nitrogens is 3.